The first-order valence-corrected chi connectivity index (χ1v) is 11.8. The van der Waals surface area contributed by atoms with Gasteiger partial charge in [-0.25, -0.2) is 9.97 Å². The normalized spacial score (nSPS) is 20.6. The van der Waals surface area contributed by atoms with Crippen LogP contribution in [0.15, 0.2) is 43.1 Å². The molecule has 1 aromatic carbocycles. The van der Waals surface area contributed by atoms with Crippen molar-refractivity contribution in [3.8, 4) is 0 Å². The number of likely N-dealkylation sites (tertiary alicyclic amines) is 1. The summed E-state index contributed by atoms with van der Waals surface area (Å²) in [6.45, 7) is 14.0. The zero-order chi connectivity index (χ0) is 25.3. The number of nitrogens with zero attached hydrogens (tertiary/aromatic N) is 3. The number of halogens is 1. The van der Waals surface area contributed by atoms with Crippen LogP contribution < -0.4 is 5.32 Å². The molecule has 1 fully saturated rings. The molecule has 0 unspecified atom stereocenters. The van der Waals surface area contributed by atoms with Gasteiger partial charge in [-0.1, -0.05) is 58.0 Å². The molecule has 0 spiro atoms. The molecule has 3 rings (SSSR count). The van der Waals surface area contributed by atoms with Crippen LogP contribution in [-0.2, 0) is 10.4 Å². The molecule has 2 heterocycles. The summed E-state index contributed by atoms with van der Waals surface area (Å²) < 4.78 is 0. The molecule has 0 bridgehead atoms. The minimum atomic E-state index is -1.11. The maximum absolute atomic E-state index is 13.5. The van der Waals surface area contributed by atoms with Gasteiger partial charge in [-0.15, -0.1) is 0 Å². The van der Waals surface area contributed by atoms with Crippen LogP contribution >= 0.6 is 11.6 Å². The Hall–Kier alpha value is -2.77. The van der Waals surface area contributed by atoms with Crippen molar-refractivity contribution >= 4 is 29.0 Å². The maximum atomic E-state index is 13.5. The standard InChI is InChI=1S/C26H33ClN4O3/c1-16(2)21(30-23(32)20-11-13-28-22(29-20)17(3)4)24(33)31-14-12-26(34,25(5,6)15-31)18-7-9-19(27)10-8-18/h7-11,13,16,21,34H,3,12,14-15H2,1-2,4-6H3,(H,30,32)/t21-,26+/m1/s1. The summed E-state index contributed by atoms with van der Waals surface area (Å²) in [5, 5.41) is 15.1. The number of piperidine rings is 1. The predicted molar refractivity (Wildman–Crippen MR) is 133 cm³/mol. The number of allylic oxidation sites excluding steroid dienone is 1. The van der Waals surface area contributed by atoms with Gasteiger partial charge in [-0.3, -0.25) is 9.59 Å². The number of rotatable bonds is 6. The zero-order valence-corrected chi connectivity index (χ0v) is 21.2. The molecule has 8 heteroatoms. The summed E-state index contributed by atoms with van der Waals surface area (Å²) in [5.41, 5.74) is -0.119. The highest BCUT2D eigenvalue weighted by molar-refractivity contribution is 6.30. The van der Waals surface area contributed by atoms with Crippen LogP contribution in [0.3, 0.4) is 0 Å². The Morgan fingerprint density at radius 1 is 1.21 bits per heavy atom. The molecule has 1 aliphatic rings. The number of carbonyl (C=O) groups excluding carboxylic acids is 2. The first-order chi connectivity index (χ1) is 15.9. The summed E-state index contributed by atoms with van der Waals surface area (Å²) in [6.07, 6.45) is 1.88. The molecular formula is C26H33ClN4O3. The average molecular weight is 485 g/mol. The minimum absolute atomic E-state index is 0.140. The fourth-order valence-electron chi connectivity index (χ4n) is 4.39. The van der Waals surface area contributed by atoms with Crippen LogP contribution in [0.1, 0.15) is 62.9 Å². The molecule has 1 aliphatic heterocycles. The van der Waals surface area contributed by atoms with Gasteiger partial charge in [-0.05, 0) is 48.6 Å². The molecule has 1 saturated heterocycles. The number of amides is 2. The Morgan fingerprint density at radius 2 is 1.85 bits per heavy atom. The Kier molecular flexibility index (Phi) is 7.48. The van der Waals surface area contributed by atoms with Crippen molar-refractivity contribution in [1.82, 2.24) is 20.2 Å². The third-order valence-electron chi connectivity index (χ3n) is 6.57. The molecule has 2 amide bonds. The second-order valence-corrected chi connectivity index (χ2v) is 10.4. The SMILES string of the molecule is C=C(C)c1nccc(C(=O)N[C@@H](C(=O)N2CC[C@](O)(c3ccc(Cl)cc3)C(C)(C)C2)C(C)C)n1. The van der Waals surface area contributed by atoms with E-state index in [-0.39, 0.29) is 17.5 Å². The fraction of sp³-hybridized carbons (Fsp3) is 0.462. The molecular weight excluding hydrogens is 452 g/mol. The lowest BCUT2D eigenvalue weighted by atomic mass is 9.66. The van der Waals surface area contributed by atoms with Crippen molar-refractivity contribution in [2.45, 2.75) is 52.7 Å². The molecule has 2 atom stereocenters. The molecule has 34 heavy (non-hydrogen) atoms. The minimum Gasteiger partial charge on any atom is -0.384 e. The monoisotopic (exact) mass is 484 g/mol. The van der Waals surface area contributed by atoms with Gasteiger partial charge in [0.15, 0.2) is 5.82 Å². The van der Waals surface area contributed by atoms with E-state index in [1.165, 1.54) is 12.3 Å². The van der Waals surface area contributed by atoms with Gasteiger partial charge in [0.25, 0.3) is 5.91 Å². The van der Waals surface area contributed by atoms with Crippen molar-refractivity contribution in [2.24, 2.45) is 11.3 Å². The number of benzene rings is 1. The van der Waals surface area contributed by atoms with E-state index in [0.29, 0.717) is 35.9 Å². The fourth-order valence-corrected chi connectivity index (χ4v) is 4.51. The van der Waals surface area contributed by atoms with Crippen molar-refractivity contribution in [3.05, 3.63) is 65.2 Å². The maximum Gasteiger partial charge on any atom is 0.270 e. The molecule has 182 valence electrons. The summed E-state index contributed by atoms with van der Waals surface area (Å²) >= 11 is 6.02. The third-order valence-corrected chi connectivity index (χ3v) is 6.82. The van der Waals surface area contributed by atoms with Crippen LogP contribution in [0, 0.1) is 11.3 Å². The zero-order valence-electron chi connectivity index (χ0n) is 20.4. The van der Waals surface area contributed by atoms with Gasteiger partial charge in [0.1, 0.15) is 11.7 Å². The molecule has 0 radical (unpaired) electrons. The van der Waals surface area contributed by atoms with E-state index < -0.39 is 23.0 Å². The molecule has 0 aliphatic carbocycles. The van der Waals surface area contributed by atoms with Gasteiger partial charge in [0, 0.05) is 29.7 Å². The van der Waals surface area contributed by atoms with Gasteiger partial charge in [0.2, 0.25) is 5.91 Å². The number of carbonyl (C=O) groups is 2. The van der Waals surface area contributed by atoms with Crippen LogP contribution in [0.5, 0.6) is 0 Å². The Morgan fingerprint density at radius 3 is 2.41 bits per heavy atom. The van der Waals surface area contributed by atoms with Crippen molar-refractivity contribution < 1.29 is 14.7 Å². The topological polar surface area (TPSA) is 95.4 Å². The molecule has 2 N–H and O–H groups in total. The molecule has 0 saturated carbocycles. The molecule has 2 aromatic rings. The Labute approximate surface area is 206 Å². The number of hydrogen-bond acceptors (Lipinski definition) is 5. The van der Waals surface area contributed by atoms with E-state index in [1.807, 2.05) is 39.8 Å². The smallest absolute Gasteiger partial charge is 0.270 e. The summed E-state index contributed by atoms with van der Waals surface area (Å²) in [4.78, 5) is 36.5. The second-order valence-electron chi connectivity index (χ2n) is 10.0. The highest BCUT2D eigenvalue weighted by atomic mass is 35.5. The lowest BCUT2D eigenvalue weighted by Crippen LogP contribution is -2.60. The van der Waals surface area contributed by atoms with Gasteiger partial charge < -0.3 is 15.3 Å². The highest BCUT2D eigenvalue weighted by Crippen LogP contribution is 2.46. The van der Waals surface area contributed by atoms with Crippen molar-refractivity contribution in [3.63, 3.8) is 0 Å². The lowest BCUT2D eigenvalue weighted by Gasteiger charge is -2.51. The van der Waals surface area contributed by atoms with Crippen LogP contribution in [0.2, 0.25) is 5.02 Å². The van der Waals surface area contributed by atoms with E-state index in [0.717, 1.165) is 5.56 Å². The predicted octanol–water partition coefficient (Wildman–Crippen LogP) is 4.06. The highest BCUT2D eigenvalue weighted by Gasteiger charge is 2.50. The number of aliphatic hydroxyl groups is 1. The molecule has 7 nitrogen and oxygen atoms in total. The van der Waals surface area contributed by atoms with E-state index in [1.54, 1.807) is 24.0 Å². The summed E-state index contributed by atoms with van der Waals surface area (Å²) in [7, 11) is 0. The Bertz CT molecular complexity index is 1080. The summed E-state index contributed by atoms with van der Waals surface area (Å²) in [6, 6.07) is 7.98. The third kappa shape index (κ3) is 5.15. The average Bonchev–Trinajstić information content (AvgIpc) is 2.78. The second kappa shape index (κ2) is 9.84. The number of hydrogen-bond donors (Lipinski definition) is 2. The van der Waals surface area contributed by atoms with Gasteiger partial charge >= 0.3 is 0 Å². The van der Waals surface area contributed by atoms with Crippen molar-refractivity contribution in [2.75, 3.05) is 13.1 Å². The van der Waals surface area contributed by atoms with E-state index in [2.05, 4.69) is 21.9 Å². The first kappa shape index (κ1) is 25.8. The quantitative estimate of drug-likeness (QED) is 0.644. The lowest BCUT2D eigenvalue weighted by molar-refractivity contribution is -0.155. The van der Waals surface area contributed by atoms with Gasteiger partial charge in [-0.2, -0.15) is 0 Å². The van der Waals surface area contributed by atoms with Crippen molar-refractivity contribution in [1.29, 1.82) is 0 Å². The largest absolute Gasteiger partial charge is 0.384 e. The van der Waals surface area contributed by atoms with Crippen LogP contribution in [0.4, 0.5) is 0 Å². The van der Waals surface area contributed by atoms with E-state index >= 15 is 0 Å². The first-order valence-electron chi connectivity index (χ1n) is 11.4. The van der Waals surface area contributed by atoms with E-state index in [4.69, 9.17) is 11.6 Å². The van der Waals surface area contributed by atoms with Crippen LogP contribution in [0.25, 0.3) is 5.57 Å². The van der Waals surface area contributed by atoms with Crippen LogP contribution in [-0.4, -0.2) is 50.9 Å². The Balaban J connectivity index is 1.78. The van der Waals surface area contributed by atoms with E-state index in [9.17, 15) is 14.7 Å². The number of nitrogens with one attached hydrogen (secondary N) is 1. The number of aromatic nitrogens is 2. The van der Waals surface area contributed by atoms with Gasteiger partial charge in [0.05, 0.1) is 5.60 Å². The molecule has 1 aromatic heterocycles. The summed E-state index contributed by atoms with van der Waals surface area (Å²) in [5.74, 6) is -0.368.